The van der Waals surface area contributed by atoms with Crippen LogP contribution in [-0.4, -0.2) is 35.1 Å². The first-order valence-electron chi connectivity index (χ1n) is 7.09. The molecule has 1 aromatic heterocycles. The molecule has 0 amide bonds. The van der Waals surface area contributed by atoms with Crippen molar-refractivity contribution in [3.63, 3.8) is 0 Å². The van der Waals surface area contributed by atoms with Gasteiger partial charge in [0, 0.05) is 18.6 Å². The van der Waals surface area contributed by atoms with Crippen LogP contribution in [0.4, 0.5) is 5.82 Å². The summed E-state index contributed by atoms with van der Waals surface area (Å²) in [6.45, 7) is 2.13. The van der Waals surface area contributed by atoms with E-state index in [1.54, 1.807) is 12.4 Å². The van der Waals surface area contributed by atoms with E-state index in [2.05, 4.69) is 20.2 Å². The van der Waals surface area contributed by atoms with Gasteiger partial charge in [0.2, 0.25) is 0 Å². The summed E-state index contributed by atoms with van der Waals surface area (Å²) >= 11 is 0. The molecule has 2 aliphatic rings. The molecule has 100 valence electrons. The third-order valence-electron chi connectivity index (χ3n) is 3.86. The van der Waals surface area contributed by atoms with Crippen LogP contribution in [0, 0.1) is 11.3 Å². The molecule has 1 aliphatic carbocycles. The fourth-order valence-electron chi connectivity index (χ4n) is 2.66. The number of nitrogens with one attached hydrogen (secondary N) is 1. The van der Waals surface area contributed by atoms with Gasteiger partial charge >= 0.3 is 0 Å². The molecule has 1 unspecified atom stereocenters. The maximum atomic E-state index is 8.77. The van der Waals surface area contributed by atoms with E-state index in [4.69, 9.17) is 5.26 Å². The summed E-state index contributed by atoms with van der Waals surface area (Å²) in [6, 6.07) is 3.19. The molecule has 5 heteroatoms. The number of nitrogens with zero attached hydrogens (tertiary/aromatic N) is 4. The highest BCUT2D eigenvalue weighted by Gasteiger charge is 2.32. The molecular formula is C14H19N5. The van der Waals surface area contributed by atoms with Crippen molar-refractivity contribution in [3.05, 3.63) is 18.1 Å². The molecule has 2 heterocycles. The predicted octanol–water partition coefficient (Wildman–Crippen LogP) is 1.46. The van der Waals surface area contributed by atoms with E-state index >= 15 is 0 Å². The Kier molecular flexibility index (Phi) is 3.60. The minimum atomic E-state index is 0.385. The lowest BCUT2D eigenvalue weighted by atomic mass is 10.0. The number of piperidine rings is 1. The monoisotopic (exact) mass is 257 g/mol. The summed E-state index contributed by atoms with van der Waals surface area (Å²) in [4.78, 5) is 10.9. The van der Waals surface area contributed by atoms with Crippen LogP contribution in [0.5, 0.6) is 0 Å². The molecule has 1 saturated heterocycles. The first kappa shape index (κ1) is 12.4. The van der Waals surface area contributed by atoms with Crippen molar-refractivity contribution < 1.29 is 0 Å². The molecule has 19 heavy (non-hydrogen) atoms. The average Bonchev–Trinajstić information content (AvgIpc) is 3.31. The third kappa shape index (κ3) is 3.02. The molecule has 5 nitrogen and oxygen atoms in total. The predicted molar refractivity (Wildman–Crippen MR) is 72.8 cm³/mol. The number of rotatable bonds is 4. The number of nitriles is 1. The van der Waals surface area contributed by atoms with Gasteiger partial charge in [0.25, 0.3) is 0 Å². The summed E-state index contributed by atoms with van der Waals surface area (Å²) in [5.41, 5.74) is 0.385. The summed E-state index contributed by atoms with van der Waals surface area (Å²) in [5.74, 6) is 0.911. The zero-order chi connectivity index (χ0) is 13.1. The van der Waals surface area contributed by atoms with Crippen molar-refractivity contribution >= 4 is 5.82 Å². The maximum Gasteiger partial charge on any atom is 0.158 e. The smallest absolute Gasteiger partial charge is 0.158 e. The van der Waals surface area contributed by atoms with Crippen molar-refractivity contribution in [2.45, 2.75) is 44.2 Å². The maximum absolute atomic E-state index is 8.77. The van der Waals surface area contributed by atoms with Gasteiger partial charge in [0.05, 0.1) is 12.4 Å². The Balaban J connectivity index is 1.70. The minimum Gasteiger partial charge on any atom is -0.351 e. The molecule has 0 aromatic carbocycles. The number of hydrogen-bond donors (Lipinski definition) is 1. The van der Waals surface area contributed by atoms with Crippen molar-refractivity contribution in [1.82, 2.24) is 15.3 Å². The van der Waals surface area contributed by atoms with E-state index < -0.39 is 0 Å². The van der Waals surface area contributed by atoms with E-state index in [0.717, 1.165) is 18.9 Å². The summed E-state index contributed by atoms with van der Waals surface area (Å²) in [5, 5.41) is 12.4. The molecule has 1 N–H and O–H groups in total. The largest absolute Gasteiger partial charge is 0.351 e. The van der Waals surface area contributed by atoms with Crippen LogP contribution in [0.1, 0.15) is 37.8 Å². The second kappa shape index (κ2) is 5.54. The second-order valence-corrected chi connectivity index (χ2v) is 5.40. The van der Waals surface area contributed by atoms with E-state index in [-0.39, 0.29) is 0 Å². The molecule has 1 aromatic rings. The quantitative estimate of drug-likeness (QED) is 0.884. The highest BCUT2D eigenvalue weighted by atomic mass is 15.3. The Morgan fingerprint density at radius 3 is 2.74 bits per heavy atom. The molecule has 1 aliphatic heterocycles. The lowest BCUT2D eigenvalue weighted by molar-refractivity contribution is 0.397. The molecule has 0 radical (unpaired) electrons. The van der Waals surface area contributed by atoms with Gasteiger partial charge in [-0.3, -0.25) is 0 Å². The second-order valence-electron chi connectivity index (χ2n) is 5.40. The van der Waals surface area contributed by atoms with Gasteiger partial charge in [-0.2, -0.15) is 5.26 Å². The minimum absolute atomic E-state index is 0.385. The SMILES string of the molecule is N#Cc1cnc(N(CC2CCCCN2)C2CC2)cn1. The van der Waals surface area contributed by atoms with Gasteiger partial charge in [0.15, 0.2) is 5.69 Å². The summed E-state index contributed by atoms with van der Waals surface area (Å²) in [7, 11) is 0. The fourth-order valence-corrected chi connectivity index (χ4v) is 2.66. The summed E-state index contributed by atoms with van der Waals surface area (Å²) in [6.07, 6.45) is 9.64. The Bertz CT molecular complexity index is 454. The molecule has 3 rings (SSSR count). The standard InChI is InChI=1S/C14H19N5/c15-7-12-8-18-14(9-17-12)19(13-4-5-13)10-11-3-1-2-6-16-11/h8-9,11,13,16H,1-6,10H2. The van der Waals surface area contributed by atoms with E-state index in [0.29, 0.717) is 17.8 Å². The summed E-state index contributed by atoms with van der Waals surface area (Å²) < 4.78 is 0. The van der Waals surface area contributed by atoms with Crippen LogP contribution in [-0.2, 0) is 0 Å². The van der Waals surface area contributed by atoms with Gasteiger partial charge in [-0.25, -0.2) is 9.97 Å². The molecule has 0 spiro atoms. The highest BCUT2D eigenvalue weighted by Crippen LogP contribution is 2.30. The van der Waals surface area contributed by atoms with Crippen molar-refractivity contribution in [2.24, 2.45) is 0 Å². The zero-order valence-electron chi connectivity index (χ0n) is 11.0. The lowest BCUT2D eigenvalue weighted by Crippen LogP contribution is -2.44. The van der Waals surface area contributed by atoms with Crippen molar-refractivity contribution in [2.75, 3.05) is 18.0 Å². The molecule has 0 bridgehead atoms. The zero-order valence-corrected chi connectivity index (χ0v) is 11.0. The lowest BCUT2D eigenvalue weighted by Gasteiger charge is -2.31. The Morgan fingerprint density at radius 2 is 2.16 bits per heavy atom. The van der Waals surface area contributed by atoms with Crippen LogP contribution in [0.25, 0.3) is 0 Å². The van der Waals surface area contributed by atoms with E-state index in [9.17, 15) is 0 Å². The van der Waals surface area contributed by atoms with Gasteiger partial charge in [-0.05, 0) is 32.2 Å². The molecule has 2 fully saturated rings. The number of hydrogen-bond acceptors (Lipinski definition) is 5. The average molecular weight is 257 g/mol. The van der Waals surface area contributed by atoms with Crippen molar-refractivity contribution in [3.8, 4) is 6.07 Å². The van der Waals surface area contributed by atoms with Gasteiger partial charge < -0.3 is 10.2 Å². The van der Waals surface area contributed by atoms with Crippen LogP contribution < -0.4 is 10.2 Å². The van der Waals surface area contributed by atoms with E-state index in [1.165, 1.54) is 32.1 Å². The third-order valence-corrected chi connectivity index (χ3v) is 3.86. The van der Waals surface area contributed by atoms with Crippen LogP contribution >= 0.6 is 0 Å². The van der Waals surface area contributed by atoms with Gasteiger partial charge in [0.1, 0.15) is 11.9 Å². The normalized spacial score (nSPS) is 22.8. The topological polar surface area (TPSA) is 64.8 Å². The molecule has 1 saturated carbocycles. The van der Waals surface area contributed by atoms with Crippen LogP contribution in [0.15, 0.2) is 12.4 Å². The molecule has 1 atom stereocenters. The Labute approximate surface area is 113 Å². The van der Waals surface area contributed by atoms with Crippen molar-refractivity contribution in [1.29, 1.82) is 5.26 Å². The fraction of sp³-hybridized carbons (Fsp3) is 0.643. The Hall–Kier alpha value is -1.67. The highest BCUT2D eigenvalue weighted by molar-refractivity contribution is 5.40. The molecular weight excluding hydrogens is 238 g/mol. The first-order chi connectivity index (χ1) is 9.36. The van der Waals surface area contributed by atoms with E-state index in [1.807, 2.05) is 6.07 Å². The first-order valence-corrected chi connectivity index (χ1v) is 7.09. The number of anilines is 1. The van der Waals surface area contributed by atoms with Crippen LogP contribution in [0.2, 0.25) is 0 Å². The van der Waals surface area contributed by atoms with Crippen LogP contribution in [0.3, 0.4) is 0 Å². The number of aromatic nitrogens is 2. The van der Waals surface area contributed by atoms with Gasteiger partial charge in [-0.15, -0.1) is 0 Å². The Morgan fingerprint density at radius 1 is 1.26 bits per heavy atom. The van der Waals surface area contributed by atoms with Gasteiger partial charge in [-0.1, -0.05) is 6.42 Å².